The van der Waals surface area contributed by atoms with E-state index in [0.29, 0.717) is 23.8 Å². The van der Waals surface area contributed by atoms with E-state index in [1.165, 1.54) is 18.4 Å². The zero-order valence-electron chi connectivity index (χ0n) is 15.9. The third-order valence-electron chi connectivity index (χ3n) is 6.30. The molecule has 0 aliphatic carbocycles. The van der Waals surface area contributed by atoms with E-state index in [2.05, 4.69) is 32.2 Å². The molecular formula is C20H32Cl2N4O. The number of nitrogens with zero attached hydrogens (tertiary/aromatic N) is 3. The van der Waals surface area contributed by atoms with E-state index in [0.717, 1.165) is 58.5 Å². The number of hydrogen-bond acceptors (Lipinski definition) is 4. The number of likely N-dealkylation sites (tertiary alicyclic amines) is 2. The number of hydrogen-bond donors (Lipinski definition) is 1. The maximum atomic E-state index is 12.6. The maximum absolute atomic E-state index is 12.6. The van der Waals surface area contributed by atoms with Crippen molar-refractivity contribution in [1.82, 2.24) is 20.1 Å². The third-order valence-corrected chi connectivity index (χ3v) is 6.30. The Labute approximate surface area is 175 Å². The topological polar surface area (TPSA) is 48.5 Å². The summed E-state index contributed by atoms with van der Waals surface area (Å²) < 4.78 is 0. The summed E-state index contributed by atoms with van der Waals surface area (Å²) in [4.78, 5) is 21.5. The van der Waals surface area contributed by atoms with Crippen molar-refractivity contribution in [2.45, 2.75) is 44.7 Å². The number of piperidine rings is 3. The Bertz CT molecular complexity index is 583. The molecule has 1 aromatic rings. The van der Waals surface area contributed by atoms with Crippen molar-refractivity contribution in [2.24, 2.45) is 11.8 Å². The molecule has 152 valence electrons. The molecule has 27 heavy (non-hydrogen) atoms. The summed E-state index contributed by atoms with van der Waals surface area (Å²) in [7, 11) is 0. The van der Waals surface area contributed by atoms with Gasteiger partial charge in [-0.2, -0.15) is 0 Å². The van der Waals surface area contributed by atoms with Gasteiger partial charge in [0.15, 0.2) is 0 Å². The van der Waals surface area contributed by atoms with Crippen LogP contribution in [0.4, 0.5) is 0 Å². The van der Waals surface area contributed by atoms with E-state index in [-0.39, 0.29) is 24.8 Å². The summed E-state index contributed by atoms with van der Waals surface area (Å²) in [5.74, 6) is 1.75. The van der Waals surface area contributed by atoms with E-state index in [9.17, 15) is 4.79 Å². The molecule has 0 spiro atoms. The normalized spacial score (nSPS) is 26.7. The summed E-state index contributed by atoms with van der Waals surface area (Å²) in [6, 6.07) is 4.70. The minimum Gasteiger partial charge on any atom is -0.339 e. The number of aromatic nitrogens is 1. The number of halogens is 2. The van der Waals surface area contributed by atoms with Gasteiger partial charge in [0.2, 0.25) is 5.91 Å². The average molecular weight is 415 g/mol. The Hall–Kier alpha value is -0.880. The second kappa shape index (κ2) is 10.6. The van der Waals surface area contributed by atoms with Crippen LogP contribution >= 0.6 is 24.8 Å². The van der Waals surface area contributed by atoms with E-state index < -0.39 is 0 Å². The van der Waals surface area contributed by atoms with Gasteiger partial charge in [0.25, 0.3) is 0 Å². The fraction of sp³-hybridized carbons (Fsp3) is 0.700. The second-order valence-corrected chi connectivity index (χ2v) is 7.98. The fourth-order valence-corrected chi connectivity index (χ4v) is 4.90. The average Bonchev–Trinajstić information content (AvgIpc) is 2.66. The van der Waals surface area contributed by atoms with Crippen molar-refractivity contribution in [3.63, 3.8) is 0 Å². The highest BCUT2D eigenvalue weighted by Crippen LogP contribution is 2.33. The molecule has 4 rings (SSSR count). The zero-order chi connectivity index (χ0) is 17.1. The van der Waals surface area contributed by atoms with Crippen molar-refractivity contribution < 1.29 is 4.79 Å². The molecule has 4 heterocycles. The Kier molecular flexibility index (Phi) is 8.80. The molecule has 1 amide bonds. The first-order valence-electron chi connectivity index (χ1n) is 9.91. The number of nitrogens with one attached hydrogen (secondary N) is 1. The molecule has 3 saturated heterocycles. The molecule has 3 fully saturated rings. The summed E-state index contributed by atoms with van der Waals surface area (Å²) in [5.41, 5.74) is 1.34. The first kappa shape index (κ1) is 22.4. The molecule has 5 nitrogen and oxygen atoms in total. The summed E-state index contributed by atoms with van der Waals surface area (Å²) >= 11 is 0. The lowest BCUT2D eigenvalue weighted by molar-refractivity contribution is -0.142. The van der Waals surface area contributed by atoms with E-state index in [4.69, 9.17) is 0 Å². The molecule has 1 aromatic heterocycles. The third kappa shape index (κ3) is 5.57. The molecule has 0 bridgehead atoms. The molecule has 7 heteroatoms. The SMILES string of the molecule is Cl.Cl.O=C1CC[C@H]2CN(Cc3ccncc3)CC[C@H]2N1CC1CCNCC1. The Balaban J connectivity index is 0.00000131. The highest BCUT2D eigenvalue weighted by Gasteiger charge is 2.39. The Morgan fingerprint density at radius 2 is 1.81 bits per heavy atom. The van der Waals surface area contributed by atoms with Gasteiger partial charge >= 0.3 is 0 Å². The minimum absolute atomic E-state index is 0. The van der Waals surface area contributed by atoms with E-state index in [1.54, 1.807) is 0 Å². The van der Waals surface area contributed by atoms with Crippen molar-refractivity contribution in [3.05, 3.63) is 30.1 Å². The highest BCUT2D eigenvalue weighted by molar-refractivity contribution is 5.85. The van der Waals surface area contributed by atoms with Crippen LogP contribution in [0.5, 0.6) is 0 Å². The van der Waals surface area contributed by atoms with Gasteiger partial charge in [-0.05, 0) is 68.3 Å². The molecule has 0 saturated carbocycles. The molecule has 3 aliphatic heterocycles. The number of carbonyl (C=O) groups excluding carboxylic acids is 1. The highest BCUT2D eigenvalue weighted by atomic mass is 35.5. The smallest absolute Gasteiger partial charge is 0.222 e. The van der Waals surface area contributed by atoms with Gasteiger partial charge in [0.05, 0.1) is 0 Å². The predicted molar refractivity (Wildman–Crippen MR) is 112 cm³/mol. The molecule has 3 aliphatic rings. The first-order valence-corrected chi connectivity index (χ1v) is 9.91. The van der Waals surface area contributed by atoms with Gasteiger partial charge in [-0.15, -0.1) is 24.8 Å². The van der Waals surface area contributed by atoms with Crippen molar-refractivity contribution in [2.75, 3.05) is 32.7 Å². The monoisotopic (exact) mass is 414 g/mol. The van der Waals surface area contributed by atoms with Gasteiger partial charge in [-0.3, -0.25) is 14.7 Å². The van der Waals surface area contributed by atoms with Crippen LogP contribution in [0.3, 0.4) is 0 Å². The molecular weight excluding hydrogens is 383 g/mol. The van der Waals surface area contributed by atoms with Crippen molar-refractivity contribution in [1.29, 1.82) is 0 Å². The number of rotatable bonds is 4. The van der Waals surface area contributed by atoms with E-state index >= 15 is 0 Å². The lowest BCUT2D eigenvalue weighted by atomic mass is 9.82. The van der Waals surface area contributed by atoms with Gasteiger partial charge in [0, 0.05) is 51.0 Å². The number of pyridine rings is 1. The van der Waals surface area contributed by atoms with Crippen LogP contribution in [0.25, 0.3) is 0 Å². The number of carbonyl (C=O) groups is 1. The van der Waals surface area contributed by atoms with Crippen molar-refractivity contribution >= 4 is 30.7 Å². The molecule has 0 aromatic carbocycles. The number of amides is 1. The van der Waals surface area contributed by atoms with Crippen LogP contribution < -0.4 is 5.32 Å². The lowest BCUT2D eigenvalue weighted by Crippen LogP contribution is -2.57. The lowest BCUT2D eigenvalue weighted by Gasteiger charge is -2.48. The van der Waals surface area contributed by atoms with Crippen LogP contribution in [-0.4, -0.2) is 59.5 Å². The standard InChI is InChI=1S/C20H30N4O.2ClH/c25-20-2-1-18-15-23(13-16-3-8-21-9-4-16)12-7-19(18)24(20)14-17-5-10-22-11-6-17;;/h3-4,8-9,17-19,22H,1-2,5-7,10-15H2;2*1H/t18-,19+;;/m0../s1. The van der Waals surface area contributed by atoms with Crippen LogP contribution in [0, 0.1) is 11.8 Å². The molecule has 2 atom stereocenters. The Morgan fingerprint density at radius 1 is 1.07 bits per heavy atom. The van der Waals surface area contributed by atoms with Crippen LogP contribution in [0.15, 0.2) is 24.5 Å². The first-order chi connectivity index (χ1) is 12.3. The summed E-state index contributed by atoms with van der Waals surface area (Å²) in [6.07, 6.45) is 9.13. The van der Waals surface area contributed by atoms with Crippen molar-refractivity contribution in [3.8, 4) is 0 Å². The molecule has 0 unspecified atom stereocenters. The van der Waals surface area contributed by atoms with Gasteiger partial charge < -0.3 is 10.2 Å². The largest absolute Gasteiger partial charge is 0.339 e. The molecule has 0 radical (unpaired) electrons. The van der Waals surface area contributed by atoms with E-state index in [1.807, 2.05) is 12.4 Å². The second-order valence-electron chi connectivity index (χ2n) is 7.98. The van der Waals surface area contributed by atoms with Crippen LogP contribution in [0.1, 0.15) is 37.7 Å². The maximum Gasteiger partial charge on any atom is 0.222 e. The summed E-state index contributed by atoms with van der Waals surface area (Å²) in [5, 5.41) is 3.43. The zero-order valence-corrected chi connectivity index (χ0v) is 17.5. The van der Waals surface area contributed by atoms with Crippen LogP contribution in [-0.2, 0) is 11.3 Å². The predicted octanol–water partition coefficient (Wildman–Crippen LogP) is 2.74. The molecule has 1 N–H and O–H groups in total. The fourth-order valence-electron chi connectivity index (χ4n) is 4.90. The number of fused-ring (bicyclic) bond motifs is 1. The van der Waals surface area contributed by atoms with Crippen LogP contribution in [0.2, 0.25) is 0 Å². The van der Waals surface area contributed by atoms with Gasteiger partial charge in [0.1, 0.15) is 0 Å². The Morgan fingerprint density at radius 3 is 2.56 bits per heavy atom. The minimum atomic E-state index is 0. The quantitative estimate of drug-likeness (QED) is 0.822. The van der Waals surface area contributed by atoms with Gasteiger partial charge in [-0.1, -0.05) is 0 Å². The summed E-state index contributed by atoms with van der Waals surface area (Å²) in [6.45, 7) is 6.45. The van der Waals surface area contributed by atoms with Gasteiger partial charge in [-0.25, -0.2) is 0 Å².